The molecule has 0 atom stereocenters. The predicted molar refractivity (Wildman–Crippen MR) is 79.6 cm³/mol. The van der Waals surface area contributed by atoms with Crippen molar-refractivity contribution < 1.29 is 18.0 Å². The summed E-state index contributed by atoms with van der Waals surface area (Å²) in [6, 6.07) is 3.56. The average molecular weight is 330 g/mol. The van der Waals surface area contributed by atoms with E-state index in [4.69, 9.17) is 9.05 Å². The number of H-pyrrole nitrogens is 1. The summed E-state index contributed by atoms with van der Waals surface area (Å²) in [6.07, 6.45) is -0.461. The number of hydrogen-bond donors (Lipinski definition) is 1. The lowest BCUT2D eigenvalue weighted by Gasteiger charge is -2.19. The summed E-state index contributed by atoms with van der Waals surface area (Å²) >= 11 is 0. The van der Waals surface area contributed by atoms with Crippen LogP contribution in [0, 0.1) is 5.82 Å². The van der Waals surface area contributed by atoms with E-state index < -0.39 is 30.8 Å². The number of halogens is 1. The first kappa shape index (κ1) is 16.6. The Morgan fingerprint density at radius 3 is 2.45 bits per heavy atom. The molecule has 120 valence electrons. The van der Waals surface area contributed by atoms with Gasteiger partial charge < -0.3 is 14.0 Å². The summed E-state index contributed by atoms with van der Waals surface area (Å²) in [4.78, 5) is 26.1. The molecule has 0 radical (unpaired) electrons. The summed E-state index contributed by atoms with van der Waals surface area (Å²) in [7, 11) is -3.62. The van der Waals surface area contributed by atoms with Gasteiger partial charge in [-0.3, -0.25) is 18.7 Å². The molecule has 2 aromatic rings. The largest absolute Gasteiger partial charge is 0.350 e. The van der Waals surface area contributed by atoms with Crippen LogP contribution in [0.2, 0.25) is 0 Å². The van der Waals surface area contributed by atoms with Gasteiger partial charge in [0.15, 0.2) is 0 Å². The van der Waals surface area contributed by atoms with Crippen LogP contribution >= 0.6 is 7.60 Å². The highest BCUT2D eigenvalue weighted by Gasteiger charge is 2.26. The van der Waals surface area contributed by atoms with Gasteiger partial charge in [-0.2, -0.15) is 0 Å². The number of rotatable bonds is 6. The maximum Gasteiger partial charge on any atom is 0.350 e. The molecule has 9 heteroatoms. The third-order valence-corrected chi connectivity index (χ3v) is 4.84. The Balaban J connectivity index is 2.65. The molecule has 0 saturated heterocycles. The van der Waals surface area contributed by atoms with Gasteiger partial charge in [-0.15, -0.1) is 0 Å². The Morgan fingerprint density at radius 1 is 1.23 bits per heavy atom. The Kier molecular flexibility index (Phi) is 4.95. The second-order valence-corrected chi connectivity index (χ2v) is 6.46. The van der Waals surface area contributed by atoms with E-state index in [9.17, 15) is 18.5 Å². The number of aromatic nitrogens is 2. The number of nitrogens with zero attached hydrogens (tertiary/aromatic N) is 1. The minimum atomic E-state index is -3.62. The lowest BCUT2D eigenvalue weighted by Crippen LogP contribution is -2.36. The molecule has 1 heterocycles. The third kappa shape index (κ3) is 3.35. The molecule has 22 heavy (non-hydrogen) atoms. The highest BCUT2D eigenvalue weighted by Crippen LogP contribution is 2.49. The van der Waals surface area contributed by atoms with E-state index in [0.717, 1.165) is 16.7 Å². The zero-order valence-corrected chi connectivity index (χ0v) is 13.1. The van der Waals surface area contributed by atoms with Gasteiger partial charge in [0.25, 0.3) is 0 Å². The summed E-state index contributed by atoms with van der Waals surface area (Å²) < 4.78 is 37.2. The molecule has 0 aliphatic heterocycles. The van der Waals surface area contributed by atoms with E-state index in [1.54, 1.807) is 13.8 Å². The first-order chi connectivity index (χ1) is 10.4. The lowest BCUT2D eigenvalue weighted by molar-refractivity contribution is 0.214. The fourth-order valence-corrected chi connectivity index (χ4v) is 3.72. The van der Waals surface area contributed by atoms with Crippen LogP contribution in [0.1, 0.15) is 13.8 Å². The van der Waals surface area contributed by atoms with E-state index in [1.807, 2.05) is 0 Å². The van der Waals surface area contributed by atoms with Crippen molar-refractivity contribution >= 4 is 18.6 Å². The second kappa shape index (κ2) is 6.56. The van der Waals surface area contributed by atoms with Gasteiger partial charge in [-0.25, -0.2) is 4.39 Å². The van der Waals surface area contributed by atoms with Crippen LogP contribution in [0.25, 0.3) is 11.0 Å². The minimum absolute atomic E-state index is 0.113. The molecule has 0 aliphatic carbocycles. The van der Waals surface area contributed by atoms with Gasteiger partial charge in [-0.05, 0) is 32.0 Å². The van der Waals surface area contributed by atoms with E-state index in [1.165, 1.54) is 6.07 Å². The normalized spacial score (nSPS) is 12.0. The van der Waals surface area contributed by atoms with Crippen molar-refractivity contribution in [2.24, 2.45) is 0 Å². The molecular weight excluding hydrogens is 314 g/mol. The lowest BCUT2D eigenvalue weighted by atomic mass is 10.3. The van der Waals surface area contributed by atoms with Gasteiger partial charge in [-0.1, -0.05) is 0 Å². The topological polar surface area (TPSA) is 90.4 Å². The first-order valence-corrected chi connectivity index (χ1v) is 8.43. The number of fused-ring (bicyclic) bond motifs is 1. The van der Waals surface area contributed by atoms with E-state index >= 15 is 0 Å². The Morgan fingerprint density at radius 2 is 1.86 bits per heavy atom. The molecule has 0 amide bonds. The van der Waals surface area contributed by atoms with Gasteiger partial charge in [0.1, 0.15) is 12.1 Å². The number of nitrogens with one attached hydrogen (secondary N) is 1. The Bertz CT molecular complexity index is 834. The molecule has 0 unspecified atom stereocenters. The Labute approximate surface area is 125 Å². The first-order valence-electron chi connectivity index (χ1n) is 6.70. The molecule has 0 aliphatic rings. The molecule has 2 rings (SSSR count). The molecule has 1 N–H and O–H groups in total. The maximum atomic E-state index is 13.4. The summed E-state index contributed by atoms with van der Waals surface area (Å²) in [6.45, 7) is 3.48. The zero-order valence-electron chi connectivity index (χ0n) is 12.2. The van der Waals surface area contributed by atoms with Crippen molar-refractivity contribution in [3.8, 4) is 0 Å². The van der Waals surface area contributed by atoms with Crippen LogP contribution in [0.4, 0.5) is 4.39 Å². The van der Waals surface area contributed by atoms with E-state index in [-0.39, 0.29) is 24.2 Å². The number of benzene rings is 1. The van der Waals surface area contributed by atoms with E-state index in [0.29, 0.717) is 0 Å². The Hall–Kier alpha value is -1.76. The predicted octanol–water partition coefficient (Wildman–Crippen LogP) is 2.05. The molecule has 1 aromatic carbocycles. The fourth-order valence-electron chi connectivity index (χ4n) is 2.07. The molecular formula is C13H16FN2O5P. The highest BCUT2D eigenvalue weighted by molar-refractivity contribution is 7.52. The van der Waals surface area contributed by atoms with Crippen LogP contribution in [0.5, 0.6) is 0 Å². The van der Waals surface area contributed by atoms with Crippen molar-refractivity contribution in [2.45, 2.75) is 20.1 Å². The SMILES string of the molecule is CCOP(=O)(Cn1c(=O)c(=O)[nH]c2ccc(F)cc21)OCC. The maximum absolute atomic E-state index is 13.4. The minimum Gasteiger partial charge on any atom is -0.316 e. The third-order valence-electron chi connectivity index (χ3n) is 2.90. The van der Waals surface area contributed by atoms with Crippen LogP contribution in [-0.4, -0.2) is 22.8 Å². The quantitative estimate of drug-likeness (QED) is 0.647. The smallest absolute Gasteiger partial charge is 0.316 e. The molecule has 7 nitrogen and oxygen atoms in total. The van der Waals surface area contributed by atoms with Gasteiger partial charge in [0, 0.05) is 0 Å². The molecule has 0 spiro atoms. The zero-order chi connectivity index (χ0) is 16.3. The summed E-state index contributed by atoms with van der Waals surface area (Å²) in [5, 5.41) is 0. The van der Waals surface area contributed by atoms with Crippen LogP contribution in [-0.2, 0) is 19.9 Å². The monoisotopic (exact) mass is 330 g/mol. The van der Waals surface area contributed by atoms with Crippen molar-refractivity contribution in [3.05, 3.63) is 44.7 Å². The standard InChI is InChI=1S/C13H16FN2O5P/c1-3-20-22(19,21-4-2)8-16-11-7-9(14)5-6-10(11)15-12(17)13(16)18/h5-7H,3-4,8H2,1-2H3,(H,15,17). The van der Waals surface area contributed by atoms with Crippen molar-refractivity contribution in [2.75, 3.05) is 13.2 Å². The van der Waals surface area contributed by atoms with Crippen molar-refractivity contribution in [1.29, 1.82) is 0 Å². The molecule has 0 fully saturated rings. The number of hydrogen-bond acceptors (Lipinski definition) is 5. The van der Waals surface area contributed by atoms with Crippen molar-refractivity contribution in [1.82, 2.24) is 9.55 Å². The van der Waals surface area contributed by atoms with E-state index in [2.05, 4.69) is 4.98 Å². The van der Waals surface area contributed by atoms with Gasteiger partial charge >= 0.3 is 18.7 Å². The summed E-state index contributed by atoms with van der Waals surface area (Å²) in [5.41, 5.74) is -1.47. The van der Waals surface area contributed by atoms with Crippen LogP contribution in [0.3, 0.4) is 0 Å². The average Bonchev–Trinajstić information content (AvgIpc) is 2.45. The fraction of sp³-hybridized carbons (Fsp3) is 0.385. The van der Waals surface area contributed by atoms with Crippen molar-refractivity contribution in [3.63, 3.8) is 0 Å². The summed E-state index contributed by atoms with van der Waals surface area (Å²) in [5.74, 6) is -0.588. The molecule has 1 aromatic heterocycles. The van der Waals surface area contributed by atoms with Crippen LogP contribution < -0.4 is 11.1 Å². The molecule has 0 saturated carbocycles. The second-order valence-electron chi connectivity index (χ2n) is 4.44. The van der Waals surface area contributed by atoms with Crippen LogP contribution in [0.15, 0.2) is 27.8 Å². The molecule has 0 bridgehead atoms. The van der Waals surface area contributed by atoms with Gasteiger partial charge in [0.05, 0.1) is 24.2 Å². The highest BCUT2D eigenvalue weighted by atomic mass is 31.2. The number of aromatic amines is 1. The van der Waals surface area contributed by atoms with Gasteiger partial charge in [0.2, 0.25) is 0 Å².